The lowest BCUT2D eigenvalue weighted by Crippen LogP contribution is -2.26. The summed E-state index contributed by atoms with van der Waals surface area (Å²) in [6.45, 7) is 3.90. The lowest BCUT2D eigenvalue weighted by molar-refractivity contribution is 0.0950. The van der Waals surface area contributed by atoms with Gasteiger partial charge in [0.05, 0.1) is 4.47 Å². The molecule has 2 N–H and O–H groups in total. The molecule has 2 aliphatic rings. The molecule has 1 aromatic carbocycles. The number of benzene rings is 1. The van der Waals surface area contributed by atoms with Crippen molar-refractivity contribution in [1.29, 1.82) is 0 Å². The number of hydrogen-bond donors (Lipinski definition) is 2. The molecule has 21 heavy (non-hydrogen) atoms. The second-order valence-electron chi connectivity index (χ2n) is 5.39. The molecule has 1 fully saturated rings. The fraction of sp³-hybridized carbons (Fsp3) is 0.533. The highest BCUT2D eigenvalue weighted by Crippen LogP contribution is 2.38. The molecule has 0 aromatic heterocycles. The summed E-state index contributed by atoms with van der Waals surface area (Å²) in [7, 11) is 0. The number of carbonyl (C=O) groups excluding carboxylic acids is 1. The van der Waals surface area contributed by atoms with Gasteiger partial charge in [-0.2, -0.15) is 0 Å². The van der Waals surface area contributed by atoms with E-state index in [4.69, 9.17) is 9.47 Å². The Labute approximate surface area is 132 Å². The summed E-state index contributed by atoms with van der Waals surface area (Å²) in [5.41, 5.74) is 0.593. The molecule has 1 amide bonds. The molecule has 1 aromatic rings. The zero-order chi connectivity index (χ0) is 14.7. The van der Waals surface area contributed by atoms with E-state index in [9.17, 15) is 4.79 Å². The molecule has 0 radical (unpaired) electrons. The van der Waals surface area contributed by atoms with Gasteiger partial charge in [-0.15, -0.1) is 0 Å². The van der Waals surface area contributed by atoms with Crippen LogP contribution in [0.2, 0.25) is 0 Å². The molecule has 0 bridgehead atoms. The molecule has 3 rings (SSSR count). The number of halogens is 1. The Balaban J connectivity index is 1.60. The van der Waals surface area contributed by atoms with Crippen molar-refractivity contribution >= 4 is 21.8 Å². The highest BCUT2D eigenvalue weighted by molar-refractivity contribution is 9.10. The van der Waals surface area contributed by atoms with Gasteiger partial charge in [0.15, 0.2) is 11.5 Å². The molecule has 2 heterocycles. The molecule has 114 valence electrons. The Bertz CT molecular complexity index is 530. The molecule has 2 aliphatic heterocycles. The highest BCUT2D eigenvalue weighted by atomic mass is 79.9. The van der Waals surface area contributed by atoms with Gasteiger partial charge < -0.3 is 20.1 Å². The second-order valence-corrected chi connectivity index (χ2v) is 6.24. The third kappa shape index (κ3) is 3.49. The van der Waals surface area contributed by atoms with Gasteiger partial charge in [0.2, 0.25) is 0 Å². The molecule has 0 aliphatic carbocycles. The molecule has 6 heteroatoms. The van der Waals surface area contributed by atoms with Gasteiger partial charge in [0.1, 0.15) is 13.2 Å². The molecular formula is C15H19BrN2O3. The minimum atomic E-state index is -0.0707. The number of fused-ring (bicyclic) bond motifs is 1. The van der Waals surface area contributed by atoms with Crippen molar-refractivity contribution in [3.05, 3.63) is 22.2 Å². The van der Waals surface area contributed by atoms with Crippen LogP contribution in [0.4, 0.5) is 0 Å². The number of rotatable bonds is 4. The molecule has 5 nitrogen and oxygen atoms in total. The van der Waals surface area contributed by atoms with Crippen LogP contribution in [0, 0.1) is 5.92 Å². The number of nitrogens with one attached hydrogen (secondary N) is 2. The summed E-state index contributed by atoms with van der Waals surface area (Å²) < 4.78 is 11.8. The van der Waals surface area contributed by atoms with E-state index in [0.717, 1.165) is 24.0 Å². The molecule has 0 spiro atoms. The van der Waals surface area contributed by atoms with Crippen LogP contribution in [0.5, 0.6) is 11.5 Å². The van der Waals surface area contributed by atoms with Gasteiger partial charge in [0.25, 0.3) is 5.91 Å². The van der Waals surface area contributed by atoms with Crippen LogP contribution >= 0.6 is 15.9 Å². The maximum atomic E-state index is 12.2. The van der Waals surface area contributed by atoms with Crippen molar-refractivity contribution in [2.75, 3.05) is 32.8 Å². The van der Waals surface area contributed by atoms with E-state index in [-0.39, 0.29) is 5.91 Å². The third-order valence-corrected chi connectivity index (χ3v) is 4.45. The Hall–Kier alpha value is -1.27. The summed E-state index contributed by atoms with van der Waals surface area (Å²) in [5, 5.41) is 6.31. The molecule has 1 unspecified atom stereocenters. The lowest BCUT2D eigenvalue weighted by atomic mass is 10.1. The van der Waals surface area contributed by atoms with E-state index in [1.54, 1.807) is 12.1 Å². The number of carbonyl (C=O) groups is 1. The SMILES string of the molecule is O=C(NCCC1CCNC1)c1cc(Br)c2c(c1)OCCO2. The zero-order valence-corrected chi connectivity index (χ0v) is 13.4. The van der Waals surface area contributed by atoms with Gasteiger partial charge in [0, 0.05) is 12.1 Å². The monoisotopic (exact) mass is 354 g/mol. The first-order valence-electron chi connectivity index (χ1n) is 7.32. The van der Waals surface area contributed by atoms with E-state index < -0.39 is 0 Å². The predicted octanol–water partition coefficient (Wildman–Crippen LogP) is 1.95. The van der Waals surface area contributed by atoms with Crippen molar-refractivity contribution in [3.63, 3.8) is 0 Å². The number of ether oxygens (including phenoxy) is 2. The maximum absolute atomic E-state index is 12.2. The van der Waals surface area contributed by atoms with Gasteiger partial charge in [-0.25, -0.2) is 0 Å². The Morgan fingerprint density at radius 2 is 2.24 bits per heavy atom. The van der Waals surface area contributed by atoms with Crippen LogP contribution in [-0.2, 0) is 0 Å². The van der Waals surface area contributed by atoms with E-state index in [1.807, 2.05) is 0 Å². The van der Waals surface area contributed by atoms with Gasteiger partial charge in [-0.3, -0.25) is 4.79 Å². The van der Waals surface area contributed by atoms with Crippen molar-refractivity contribution in [2.45, 2.75) is 12.8 Å². The first kappa shape index (κ1) is 14.7. The minimum Gasteiger partial charge on any atom is -0.486 e. The van der Waals surface area contributed by atoms with E-state index in [0.29, 0.717) is 42.7 Å². The number of hydrogen-bond acceptors (Lipinski definition) is 4. The average molecular weight is 355 g/mol. The fourth-order valence-corrected chi connectivity index (χ4v) is 3.25. The van der Waals surface area contributed by atoms with Crippen molar-refractivity contribution in [3.8, 4) is 11.5 Å². The zero-order valence-electron chi connectivity index (χ0n) is 11.8. The summed E-state index contributed by atoms with van der Waals surface area (Å²) >= 11 is 3.43. The standard InChI is InChI=1S/C15H19BrN2O3/c16-12-7-11(8-13-14(12)21-6-5-20-13)15(19)18-4-2-10-1-3-17-9-10/h7-8,10,17H,1-6,9H2,(H,18,19). The first-order valence-corrected chi connectivity index (χ1v) is 8.11. The normalized spacial score (nSPS) is 20.3. The predicted molar refractivity (Wildman–Crippen MR) is 83.1 cm³/mol. The summed E-state index contributed by atoms with van der Waals surface area (Å²) in [4.78, 5) is 12.2. The minimum absolute atomic E-state index is 0.0707. The topological polar surface area (TPSA) is 59.6 Å². The van der Waals surface area contributed by atoms with Crippen LogP contribution in [0.15, 0.2) is 16.6 Å². The Kier molecular flexibility index (Phi) is 4.65. The smallest absolute Gasteiger partial charge is 0.251 e. The lowest BCUT2D eigenvalue weighted by Gasteiger charge is -2.20. The Morgan fingerprint density at radius 3 is 3.05 bits per heavy atom. The van der Waals surface area contributed by atoms with Gasteiger partial charge in [-0.1, -0.05) is 0 Å². The van der Waals surface area contributed by atoms with E-state index >= 15 is 0 Å². The van der Waals surface area contributed by atoms with Crippen molar-refractivity contribution in [2.24, 2.45) is 5.92 Å². The fourth-order valence-electron chi connectivity index (χ4n) is 2.69. The number of amides is 1. The van der Waals surface area contributed by atoms with Gasteiger partial charge >= 0.3 is 0 Å². The van der Waals surface area contributed by atoms with Crippen LogP contribution in [0.3, 0.4) is 0 Å². The molecular weight excluding hydrogens is 336 g/mol. The van der Waals surface area contributed by atoms with Crippen molar-refractivity contribution in [1.82, 2.24) is 10.6 Å². The first-order chi connectivity index (χ1) is 10.2. The second kappa shape index (κ2) is 6.66. The van der Waals surface area contributed by atoms with Crippen molar-refractivity contribution < 1.29 is 14.3 Å². The maximum Gasteiger partial charge on any atom is 0.251 e. The molecule has 0 saturated carbocycles. The molecule has 1 saturated heterocycles. The third-order valence-electron chi connectivity index (χ3n) is 3.86. The summed E-state index contributed by atoms with van der Waals surface area (Å²) in [6, 6.07) is 3.52. The molecule has 1 atom stereocenters. The summed E-state index contributed by atoms with van der Waals surface area (Å²) in [5.74, 6) is 1.91. The summed E-state index contributed by atoms with van der Waals surface area (Å²) in [6.07, 6.45) is 2.22. The average Bonchev–Trinajstić information content (AvgIpc) is 3.00. The van der Waals surface area contributed by atoms with E-state index in [1.165, 1.54) is 6.42 Å². The van der Waals surface area contributed by atoms with Crippen LogP contribution in [-0.4, -0.2) is 38.8 Å². The quantitative estimate of drug-likeness (QED) is 0.867. The van der Waals surface area contributed by atoms with Crippen LogP contribution in [0.1, 0.15) is 23.2 Å². The highest BCUT2D eigenvalue weighted by Gasteiger charge is 2.19. The Morgan fingerprint density at radius 1 is 1.38 bits per heavy atom. The largest absolute Gasteiger partial charge is 0.486 e. The van der Waals surface area contributed by atoms with Gasteiger partial charge in [-0.05, 0) is 59.9 Å². The van der Waals surface area contributed by atoms with Crippen LogP contribution < -0.4 is 20.1 Å². The van der Waals surface area contributed by atoms with Crippen LogP contribution in [0.25, 0.3) is 0 Å². The van der Waals surface area contributed by atoms with E-state index in [2.05, 4.69) is 26.6 Å².